The number of cyclic esters (lactones) is 2. The molecule has 16 rings (SSSR count). The summed E-state index contributed by atoms with van der Waals surface area (Å²) in [7, 11) is -4.31. The fourth-order valence-electron chi connectivity index (χ4n) is 20.8. The van der Waals surface area contributed by atoms with Gasteiger partial charge >= 0.3 is 11.9 Å². The Balaban J connectivity index is 0.000000177. The molecule has 26 heteroatoms. The quantitative estimate of drug-likeness (QED) is 0.123. The number of amides is 2. The summed E-state index contributed by atoms with van der Waals surface area (Å²) < 4.78 is 96.7. The summed E-state index contributed by atoms with van der Waals surface area (Å²) in [5, 5.41) is -0.135. The van der Waals surface area contributed by atoms with E-state index in [2.05, 4.69) is 87.4 Å². The number of allylic oxidation sites excluding steroid dienone is 2. The predicted octanol–water partition coefficient (Wildman–Crippen LogP) is 11.2. The van der Waals surface area contributed by atoms with E-state index in [1.807, 2.05) is 64.5 Å². The van der Waals surface area contributed by atoms with Crippen LogP contribution >= 0.6 is 23.2 Å². The number of methoxy groups -OCH3 is 2. The molecular formula is C86H114Cl2N8O14S2. The number of benzene rings is 4. The normalized spacial score (nSPS) is 34.5. The van der Waals surface area contributed by atoms with Crippen LogP contribution in [0.1, 0.15) is 161 Å². The number of nitrogens with one attached hydrogen (secondary N) is 2. The van der Waals surface area contributed by atoms with Gasteiger partial charge in [0.2, 0.25) is 20.0 Å². The third-order valence-corrected chi connectivity index (χ3v) is 32.5. The average molecular weight is 1620 g/mol. The maximum atomic E-state index is 13.7. The lowest BCUT2D eigenvalue weighted by molar-refractivity contribution is -0.151. The molecule has 608 valence electrons. The molecule has 0 radical (unpaired) electrons. The Bertz CT molecular complexity index is 4180. The van der Waals surface area contributed by atoms with Crippen molar-refractivity contribution in [2.75, 3.05) is 142 Å². The zero-order chi connectivity index (χ0) is 78.5. The van der Waals surface area contributed by atoms with Crippen molar-refractivity contribution < 1.29 is 64.4 Å². The van der Waals surface area contributed by atoms with E-state index >= 15 is 0 Å². The molecule has 2 saturated carbocycles. The van der Waals surface area contributed by atoms with E-state index in [1.165, 1.54) is 22.3 Å². The van der Waals surface area contributed by atoms with Crippen LogP contribution in [0.25, 0.3) is 0 Å². The van der Waals surface area contributed by atoms with Crippen molar-refractivity contribution in [3.63, 3.8) is 0 Å². The lowest BCUT2D eigenvalue weighted by atomic mass is 9.63. The van der Waals surface area contributed by atoms with Gasteiger partial charge in [0.25, 0.3) is 11.8 Å². The lowest BCUT2D eigenvalue weighted by Gasteiger charge is -2.52. The maximum Gasteiger partial charge on any atom is 0.307 e. The van der Waals surface area contributed by atoms with Gasteiger partial charge in [-0.2, -0.15) is 0 Å². The molecule has 2 N–H and O–H groups in total. The van der Waals surface area contributed by atoms with E-state index in [9.17, 15) is 36.0 Å². The zero-order valence-corrected chi connectivity index (χ0v) is 69.2. The first-order valence-electron chi connectivity index (χ1n) is 41.2. The second-order valence-electron chi connectivity index (χ2n) is 34.7. The highest BCUT2D eigenvalue weighted by molar-refractivity contribution is 7.91. The Hall–Kier alpha value is -6.32. The van der Waals surface area contributed by atoms with Crippen molar-refractivity contribution in [1.29, 1.82) is 0 Å². The topological polar surface area (TPSA) is 235 Å². The number of carbonyl (C=O) groups excluding carboxylic acids is 4. The number of nitrogens with zero attached hydrogens (tertiary/aromatic N) is 6. The molecule has 14 atom stereocenters. The first-order valence-corrected chi connectivity index (χ1v) is 45.1. The van der Waals surface area contributed by atoms with Crippen LogP contribution in [0.4, 0.5) is 11.4 Å². The number of piperazine rings is 2. The third kappa shape index (κ3) is 16.7. The fraction of sp³-hybridized carbons (Fsp3) is 0.628. The lowest BCUT2D eigenvalue weighted by Crippen LogP contribution is -2.60. The number of hydrogen-bond acceptors (Lipinski definition) is 20. The largest absolute Gasteiger partial charge is 0.490 e. The van der Waals surface area contributed by atoms with E-state index in [1.54, 1.807) is 26.0 Å². The Morgan fingerprint density at radius 2 is 0.920 bits per heavy atom. The van der Waals surface area contributed by atoms with Crippen LogP contribution < -0.4 is 28.7 Å². The van der Waals surface area contributed by atoms with E-state index in [4.69, 9.17) is 51.6 Å². The molecule has 6 fully saturated rings. The monoisotopic (exact) mass is 1620 g/mol. The number of aryl methyl sites for hydroxylation is 2. The van der Waals surface area contributed by atoms with Gasteiger partial charge in [-0.15, -0.1) is 0 Å². The summed E-state index contributed by atoms with van der Waals surface area (Å²) in [6, 6.07) is 23.6. The number of esters is 2. The SMILES string of the molecule is CO[C@@]1(CN2CCN([C@@H]3CCOC(=O)C3)CC2)/C=C/C[C@H](C)[C@@H](C)S(=O)(=O)NC(=O)c2ccc3c(c2)N(C[C@@H]2CC[C@H]21)C[C@@]1(CCCc2cc(Cl)ccc21)CO3.CO[C@@]1(CN2CCN([C@H]3CCOC(=O)C3)CC2)/C=C/C[C@H](C)[C@@H](C)S(=O)(=O)NC(=O)c2ccc3c(c2)N(C[C@@H]2CC[C@H]21)C[C@@]1(CCCc2cc(Cl)ccc21)CO3. The van der Waals surface area contributed by atoms with Crippen LogP contribution in [0.2, 0.25) is 10.0 Å². The van der Waals surface area contributed by atoms with Gasteiger partial charge in [-0.25, -0.2) is 26.3 Å². The third-order valence-electron chi connectivity index (χ3n) is 28.2. The minimum absolute atomic E-state index is 0.106. The summed E-state index contributed by atoms with van der Waals surface area (Å²) in [5.74, 6) is 0.454. The molecule has 2 spiro atoms. The van der Waals surface area contributed by atoms with Crippen LogP contribution in [-0.2, 0) is 72.3 Å². The highest BCUT2D eigenvalue weighted by atomic mass is 35.5. The Morgan fingerprint density at radius 1 is 0.509 bits per heavy atom. The van der Waals surface area contributed by atoms with Crippen molar-refractivity contribution in [1.82, 2.24) is 29.0 Å². The van der Waals surface area contributed by atoms with Crippen LogP contribution in [0.5, 0.6) is 11.5 Å². The van der Waals surface area contributed by atoms with E-state index < -0.39 is 53.6 Å². The van der Waals surface area contributed by atoms with Gasteiger partial charge in [-0.1, -0.05) is 73.5 Å². The second kappa shape index (κ2) is 33.4. The molecule has 2 amide bonds. The summed E-state index contributed by atoms with van der Waals surface area (Å²) in [6.07, 6.45) is 22.4. The summed E-state index contributed by atoms with van der Waals surface area (Å²) in [6.45, 7) is 20.5. The Labute approximate surface area is 672 Å². The Kier molecular flexibility index (Phi) is 24.1. The van der Waals surface area contributed by atoms with Crippen LogP contribution in [0, 0.1) is 35.5 Å². The number of fused-ring (bicyclic) bond motifs is 8. The first-order chi connectivity index (χ1) is 53.8. The molecule has 22 nitrogen and oxygen atoms in total. The minimum Gasteiger partial charge on any atom is -0.490 e. The molecule has 4 bridgehead atoms. The summed E-state index contributed by atoms with van der Waals surface area (Å²) >= 11 is 13.0. The number of carbonyl (C=O) groups is 4. The number of sulfonamides is 2. The molecule has 0 unspecified atom stereocenters. The average Bonchev–Trinajstić information content (AvgIpc) is 1.44. The molecule has 4 saturated heterocycles. The van der Waals surface area contributed by atoms with Crippen molar-refractivity contribution in [2.45, 2.75) is 175 Å². The predicted molar refractivity (Wildman–Crippen MR) is 434 cm³/mol. The second-order valence-corrected chi connectivity index (χ2v) is 39.7. The smallest absolute Gasteiger partial charge is 0.307 e. The van der Waals surface area contributed by atoms with E-state index in [-0.39, 0.29) is 58.5 Å². The maximum absolute atomic E-state index is 13.7. The molecule has 4 aromatic rings. The summed E-state index contributed by atoms with van der Waals surface area (Å²) in [5.41, 5.74) is 5.50. The highest BCUT2D eigenvalue weighted by Gasteiger charge is 2.53. The molecule has 0 aromatic heterocycles. The fourth-order valence-corrected chi connectivity index (χ4v) is 23.8. The van der Waals surface area contributed by atoms with Gasteiger partial charge in [-0.05, 0) is 222 Å². The van der Waals surface area contributed by atoms with Gasteiger partial charge in [0, 0.05) is 150 Å². The summed E-state index contributed by atoms with van der Waals surface area (Å²) in [4.78, 5) is 66.2. The molecule has 4 aliphatic carbocycles. The molecule has 4 aromatic carbocycles. The standard InChI is InChI=1S/2C43H57ClN4O7S/c2*1-29-6-4-16-43(53-3,27-46-17-19-47(20-18-46)35-14-21-54-40(49)24-35)37-11-8-33(37)25-48-26-42(15-5-7-31-22-34(44)10-12-36(31)42)28-55-39-13-9-32(23-38(39)48)41(50)45-56(51,52)30(29)2/h2*4,9-10,12-13,16,22-23,29-30,33,35,37H,5-8,11,14-15,17-21,24-28H2,1-3H3,(H,45,50)/b2*16-4+/t29-,30+,33-,35+,37+,42-,43+;29-,30+,33-,35-,37+,42-,43+/m00/s1. The minimum atomic E-state index is -3.98. The van der Waals surface area contributed by atoms with Gasteiger partial charge < -0.3 is 38.2 Å². The zero-order valence-electron chi connectivity index (χ0n) is 66.0. The van der Waals surface area contributed by atoms with Crippen LogP contribution in [0.3, 0.4) is 0 Å². The van der Waals surface area contributed by atoms with Crippen molar-refractivity contribution in [3.8, 4) is 11.5 Å². The van der Waals surface area contributed by atoms with Gasteiger partial charge in [0.1, 0.15) is 22.7 Å². The number of rotatable bonds is 8. The number of ether oxygens (including phenoxy) is 6. The van der Waals surface area contributed by atoms with E-state index in [0.717, 1.165) is 177 Å². The number of hydrogen-bond donors (Lipinski definition) is 2. The van der Waals surface area contributed by atoms with Crippen molar-refractivity contribution in [3.05, 3.63) is 141 Å². The molecule has 8 heterocycles. The first kappa shape index (κ1) is 80.8. The van der Waals surface area contributed by atoms with Crippen LogP contribution in [0.15, 0.2) is 97.1 Å². The van der Waals surface area contributed by atoms with Gasteiger partial charge in [0.05, 0.1) is 61.1 Å². The Morgan fingerprint density at radius 3 is 1.29 bits per heavy atom. The van der Waals surface area contributed by atoms with Gasteiger partial charge in [-0.3, -0.25) is 38.8 Å². The molecule has 12 aliphatic rings. The number of anilines is 2. The van der Waals surface area contributed by atoms with Crippen molar-refractivity contribution >= 4 is 78.4 Å². The van der Waals surface area contributed by atoms with E-state index in [0.29, 0.717) is 99.7 Å². The molecule has 112 heavy (non-hydrogen) atoms. The van der Waals surface area contributed by atoms with Crippen LogP contribution in [-0.4, -0.2) is 226 Å². The highest BCUT2D eigenvalue weighted by Crippen LogP contribution is 2.53. The molecular weight excluding hydrogens is 1500 g/mol. The molecule has 8 aliphatic heterocycles. The van der Waals surface area contributed by atoms with Gasteiger partial charge in [0.15, 0.2) is 0 Å². The van der Waals surface area contributed by atoms with Crippen molar-refractivity contribution in [2.24, 2.45) is 35.5 Å². The number of halogens is 2.